The smallest absolute Gasteiger partial charge is 0.347 e. The SMILES string of the molecule is COC=C1C(=O)Oc2ccc(OC(C)=O)cc21. The molecule has 0 fully saturated rings. The van der Waals surface area contributed by atoms with E-state index in [2.05, 4.69) is 0 Å². The van der Waals surface area contributed by atoms with Crippen LogP contribution in [0.3, 0.4) is 0 Å². The third-order valence-electron chi connectivity index (χ3n) is 2.16. The number of ether oxygens (including phenoxy) is 3. The van der Waals surface area contributed by atoms with Gasteiger partial charge in [-0.25, -0.2) is 4.79 Å². The van der Waals surface area contributed by atoms with Crippen LogP contribution in [0.15, 0.2) is 24.5 Å². The summed E-state index contributed by atoms with van der Waals surface area (Å²) < 4.78 is 14.7. The molecule has 5 heteroatoms. The van der Waals surface area contributed by atoms with Crippen molar-refractivity contribution in [2.45, 2.75) is 6.92 Å². The van der Waals surface area contributed by atoms with Gasteiger partial charge in [0.25, 0.3) is 0 Å². The number of carbonyl (C=O) groups excluding carboxylic acids is 2. The minimum Gasteiger partial charge on any atom is -0.503 e. The second kappa shape index (κ2) is 4.29. The largest absolute Gasteiger partial charge is 0.503 e. The molecule has 0 bridgehead atoms. The van der Waals surface area contributed by atoms with Gasteiger partial charge in [-0.15, -0.1) is 0 Å². The van der Waals surface area contributed by atoms with E-state index >= 15 is 0 Å². The normalized spacial score (nSPS) is 15.4. The fourth-order valence-corrected chi connectivity index (χ4v) is 1.53. The summed E-state index contributed by atoms with van der Waals surface area (Å²) in [5.74, 6) is -0.125. The van der Waals surface area contributed by atoms with Crippen molar-refractivity contribution in [1.29, 1.82) is 0 Å². The van der Waals surface area contributed by atoms with E-state index in [0.717, 1.165) is 0 Å². The van der Waals surface area contributed by atoms with E-state index in [0.29, 0.717) is 22.6 Å². The minimum absolute atomic E-state index is 0.302. The first-order chi connectivity index (χ1) is 8.11. The Morgan fingerprint density at radius 2 is 2.18 bits per heavy atom. The predicted molar refractivity (Wildman–Crippen MR) is 58.4 cm³/mol. The summed E-state index contributed by atoms with van der Waals surface area (Å²) in [7, 11) is 1.44. The highest BCUT2D eigenvalue weighted by Gasteiger charge is 2.28. The average molecular weight is 234 g/mol. The van der Waals surface area contributed by atoms with Gasteiger partial charge in [-0.3, -0.25) is 4.79 Å². The van der Waals surface area contributed by atoms with Gasteiger partial charge in [0.15, 0.2) is 0 Å². The first kappa shape index (κ1) is 11.2. The first-order valence-corrected chi connectivity index (χ1v) is 4.90. The lowest BCUT2D eigenvalue weighted by atomic mass is 10.1. The molecule has 1 aliphatic rings. The molecule has 0 atom stereocenters. The first-order valence-electron chi connectivity index (χ1n) is 4.90. The molecule has 2 rings (SSSR count). The van der Waals surface area contributed by atoms with Gasteiger partial charge >= 0.3 is 11.9 Å². The predicted octanol–water partition coefficient (Wildman–Crippen LogP) is 1.52. The van der Waals surface area contributed by atoms with Crippen LogP contribution < -0.4 is 9.47 Å². The summed E-state index contributed by atoms with van der Waals surface area (Å²) in [4.78, 5) is 22.3. The third-order valence-corrected chi connectivity index (χ3v) is 2.16. The quantitative estimate of drug-likeness (QED) is 0.336. The van der Waals surface area contributed by atoms with E-state index in [4.69, 9.17) is 14.2 Å². The van der Waals surface area contributed by atoms with Crippen molar-refractivity contribution in [3.05, 3.63) is 30.0 Å². The number of rotatable bonds is 2. The molecule has 1 aliphatic heterocycles. The van der Waals surface area contributed by atoms with Crippen molar-refractivity contribution in [2.24, 2.45) is 0 Å². The van der Waals surface area contributed by atoms with Crippen LogP contribution in [0.1, 0.15) is 12.5 Å². The van der Waals surface area contributed by atoms with Crippen LogP contribution in [0.2, 0.25) is 0 Å². The second-order valence-corrected chi connectivity index (χ2v) is 3.41. The van der Waals surface area contributed by atoms with Gasteiger partial charge in [0.1, 0.15) is 17.1 Å². The molecule has 0 saturated heterocycles. The Labute approximate surface area is 97.6 Å². The molecule has 5 nitrogen and oxygen atoms in total. The number of benzene rings is 1. The average Bonchev–Trinajstić information content (AvgIpc) is 2.55. The maximum absolute atomic E-state index is 11.5. The zero-order valence-corrected chi connectivity index (χ0v) is 9.35. The highest BCUT2D eigenvalue weighted by atomic mass is 16.5. The lowest BCUT2D eigenvalue weighted by Gasteiger charge is -2.02. The molecule has 0 amide bonds. The van der Waals surface area contributed by atoms with Crippen LogP contribution in [-0.2, 0) is 14.3 Å². The van der Waals surface area contributed by atoms with Crippen molar-refractivity contribution in [3.63, 3.8) is 0 Å². The molecule has 1 aromatic rings. The molecule has 1 aromatic carbocycles. The van der Waals surface area contributed by atoms with Crippen LogP contribution in [0.5, 0.6) is 11.5 Å². The number of esters is 2. The second-order valence-electron chi connectivity index (χ2n) is 3.41. The van der Waals surface area contributed by atoms with Crippen LogP contribution in [0.4, 0.5) is 0 Å². The fourth-order valence-electron chi connectivity index (χ4n) is 1.53. The van der Waals surface area contributed by atoms with Gasteiger partial charge in [0.2, 0.25) is 0 Å². The maximum Gasteiger partial charge on any atom is 0.347 e. The molecule has 0 radical (unpaired) electrons. The Morgan fingerprint density at radius 3 is 2.82 bits per heavy atom. The van der Waals surface area contributed by atoms with Crippen molar-refractivity contribution in [2.75, 3.05) is 7.11 Å². The fraction of sp³-hybridized carbons (Fsp3) is 0.167. The van der Waals surface area contributed by atoms with Gasteiger partial charge in [-0.05, 0) is 18.2 Å². The van der Waals surface area contributed by atoms with Gasteiger partial charge in [0, 0.05) is 12.5 Å². The number of methoxy groups -OCH3 is 1. The van der Waals surface area contributed by atoms with Gasteiger partial charge in [-0.1, -0.05) is 0 Å². The summed E-state index contributed by atoms with van der Waals surface area (Å²) in [6.45, 7) is 1.31. The van der Waals surface area contributed by atoms with Crippen LogP contribution in [0, 0.1) is 0 Å². The highest BCUT2D eigenvalue weighted by molar-refractivity contribution is 6.21. The molecule has 0 N–H and O–H groups in total. The molecule has 17 heavy (non-hydrogen) atoms. The molecule has 0 aromatic heterocycles. The van der Waals surface area contributed by atoms with E-state index in [1.807, 2.05) is 0 Å². The Bertz CT molecular complexity index is 516. The van der Waals surface area contributed by atoms with Crippen LogP contribution in [0.25, 0.3) is 5.57 Å². The lowest BCUT2D eigenvalue weighted by molar-refractivity contribution is -0.132. The van der Waals surface area contributed by atoms with Gasteiger partial charge in [-0.2, -0.15) is 0 Å². The van der Waals surface area contributed by atoms with Crippen molar-refractivity contribution < 1.29 is 23.8 Å². The molecule has 0 aliphatic carbocycles. The van der Waals surface area contributed by atoms with Crippen LogP contribution in [-0.4, -0.2) is 19.0 Å². The Hall–Kier alpha value is -2.30. The van der Waals surface area contributed by atoms with Gasteiger partial charge < -0.3 is 14.2 Å². The highest BCUT2D eigenvalue weighted by Crippen LogP contribution is 2.36. The molecule has 1 heterocycles. The van der Waals surface area contributed by atoms with E-state index in [1.54, 1.807) is 18.2 Å². The molecule has 0 unspecified atom stereocenters. The molecular formula is C12H10O5. The number of hydrogen-bond acceptors (Lipinski definition) is 5. The van der Waals surface area contributed by atoms with Crippen molar-refractivity contribution in [1.82, 2.24) is 0 Å². The Kier molecular flexibility index (Phi) is 2.82. The van der Waals surface area contributed by atoms with E-state index in [9.17, 15) is 9.59 Å². The number of carbonyl (C=O) groups is 2. The summed E-state index contributed by atoms with van der Waals surface area (Å²) in [5, 5.41) is 0. The van der Waals surface area contributed by atoms with E-state index in [-0.39, 0.29) is 0 Å². The monoisotopic (exact) mass is 234 g/mol. The molecular weight excluding hydrogens is 224 g/mol. The summed E-state index contributed by atoms with van der Waals surface area (Å²) >= 11 is 0. The number of hydrogen-bond donors (Lipinski definition) is 0. The standard InChI is InChI=1S/C12H10O5/c1-7(13)16-8-3-4-11-9(5-8)10(6-15-2)12(14)17-11/h3-6H,1-2H3. The van der Waals surface area contributed by atoms with Crippen molar-refractivity contribution in [3.8, 4) is 11.5 Å². The summed E-state index contributed by atoms with van der Waals surface area (Å²) in [5.41, 5.74) is 0.854. The van der Waals surface area contributed by atoms with Crippen molar-refractivity contribution >= 4 is 17.5 Å². The molecule has 0 saturated carbocycles. The Morgan fingerprint density at radius 1 is 1.41 bits per heavy atom. The van der Waals surface area contributed by atoms with E-state index in [1.165, 1.54) is 20.3 Å². The molecule has 0 spiro atoms. The zero-order chi connectivity index (χ0) is 12.4. The topological polar surface area (TPSA) is 61.8 Å². The Balaban J connectivity index is 2.42. The third kappa shape index (κ3) is 2.13. The van der Waals surface area contributed by atoms with Gasteiger partial charge in [0.05, 0.1) is 13.4 Å². The van der Waals surface area contributed by atoms with E-state index < -0.39 is 11.9 Å². The summed E-state index contributed by atoms with van der Waals surface area (Å²) in [6.07, 6.45) is 1.30. The summed E-state index contributed by atoms with van der Waals surface area (Å²) in [6, 6.07) is 4.69. The van der Waals surface area contributed by atoms with Crippen LogP contribution >= 0.6 is 0 Å². The maximum atomic E-state index is 11.5. The number of fused-ring (bicyclic) bond motifs is 1. The lowest BCUT2D eigenvalue weighted by Crippen LogP contribution is -2.01. The minimum atomic E-state index is -0.484. The molecule has 88 valence electrons. The zero-order valence-electron chi connectivity index (χ0n) is 9.35.